The van der Waals surface area contributed by atoms with Gasteiger partial charge >= 0.3 is 0 Å². The predicted octanol–water partition coefficient (Wildman–Crippen LogP) is 3.25. The Morgan fingerprint density at radius 3 is 2.36 bits per heavy atom. The maximum absolute atomic E-state index is 15.8. The number of hydrogen-bond acceptors (Lipinski definition) is 10. The summed E-state index contributed by atoms with van der Waals surface area (Å²) < 4.78 is 26.5. The minimum absolute atomic E-state index is 0.00470. The van der Waals surface area contributed by atoms with Crippen molar-refractivity contribution in [1.29, 1.82) is 0 Å². The topological polar surface area (TPSA) is 154 Å². The van der Waals surface area contributed by atoms with E-state index in [9.17, 15) is 24.0 Å². The molecule has 2 fully saturated rings. The van der Waals surface area contributed by atoms with Crippen LogP contribution in [0.1, 0.15) is 52.0 Å². The lowest BCUT2D eigenvalue weighted by atomic mass is 10.0. The normalized spacial score (nSPS) is 18.2. The Balaban J connectivity index is 0.999. The van der Waals surface area contributed by atoms with Gasteiger partial charge < -0.3 is 19.4 Å². The van der Waals surface area contributed by atoms with Gasteiger partial charge in [-0.3, -0.25) is 39.1 Å². The zero-order valence-electron chi connectivity index (χ0n) is 27.7. The Labute approximate surface area is 286 Å². The van der Waals surface area contributed by atoms with E-state index in [0.717, 1.165) is 42.1 Å². The number of anilines is 1. The van der Waals surface area contributed by atoms with E-state index >= 15 is 4.39 Å². The van der Waals surface area contributed by atoms with E-state index in [0.29, 0.717) is 28.2 Å². The average Bonchev–Trinajstić information content (AvgIpc) is 3.37. The number of aromatic amines is 1. The predicted molar refractivity (Wildman–Crippen MR) is 181 cm³/mol. The van der Waals surface area contributed by atoms with Crippen molar-refractivity contribution < 1.29 is 33.0 Å². The number of benzene rings is 3. The molecule has 258 valence electrons. The summed E-state index contributed by atoms with van der Waals surface area (Å²) in [7, 11) is 4.94. The molecule has 2 N–H and O–H groups in total. The number of methoxy groups -OCH3 is 2. The van der Waals surface area contributed by atoms with E-state index in [1.54, 1.807) is 12.1 Å². The molecular weight excluding hydrogens is 647 g/mol. The molecule has 3 aliphatic rings. The fourth-order valence-corrected chi connectivity index (χ4v) is 7.10. The third-order valence-electron chi connectivity index (χ3n) is 9.84. The van der Waals surface area contributed by atoms with Crippen LogP contribution in [0.3, 0.4) is 0 Å². The third-order valence-corrected chi connectivity index (χ3v) is 9.84. The van der Waals surface area contributed by atoms with Crippen molar-refractivity contribution >= 4 is 40.2 Å². The van der Waals surface area contributed by atoms with E-state index < -0.39 is 35.5 Å². The van der Waals surface area contributed by atoms with Gasteiger partial charge in [-0.05, 0) is 56.6 Å². The van der Waals surface area contributed by atoms with Crippen LogP contribution < -0.4 is 25.2 Å². The number of fused-ring (bicyclic) bond motifs is 2. The number of nitrogens with zero attached hydrogens (tertiary/aromatic N) is 4. The number of ether oxygens (including phenoxy) is 2. The molecule has 1 unspecified atom stereocenters. The Bertz CT molecular complexity index is 2110. The van der Waals surface area contributed by atoms with Crippen LogP contribution in [0.4, 0.5) is 10.1 Å². The first-order chi connectivity index (χ1) is 24.1. The molecular formula is C36H35FN6O7. The number of carbonyl (C=O) groups is 4. The second kappa shape index (κ2) is 13.0. The zero-order valence-corrected chi connectivity index (χ0v) is 27.7. The molecule has 1 atom stereocenters. The molecule has 0 bridgehead atoms. The van der Waals surface area contributed by atoms with E-state index in [1.165, 1.54) is 26.4 Å². The Kier molecular flexibility index (Phi) is 8.56. The van der Waals surface area contributed by atoms with Crippen LogP contribution in [-0.4, -0.2) is 89.8 Å². The van der Waals surface area contributed by atoms with Crippen LogP contribution in [-0.2, 0) is 16.1 Å². The Morgan fingerprint density at radius 1 is 0.940 bits per heavy atom. The van der Waals surface area contributed by atoms with Gasteiger partial charge in [0.1, 0.15) is 34.6 Å². The lowest BCUT2D eigenvalue weighted by Crippen LogP contribution is -2.54. The minimum atomic E-state index is -1.15. The molecule has 0 radical (unpaired) electrons. The van der Waals surface area contributed by atoms with Gasteiger partial charge in [0, 0.05) is 61.0 Å². The maximum Gasteiger partial charge on any atom is 0.265 e. The van der Waals surface area contributed by atoms with Crippen molar-refractivity contribution in [3.63, 3.8) is 0 Å². The maximum atomic E-state index is 15.8. The van der Waals surface area contributed by atoms with Crippen molar-refractivity contribution in [2.75, 3.05) is 39.3 Å². The molecule has 3 aromatic carbocycles. The van der Waals surface area contributed by atoms with Gasteiger partial charge in [-0.2, -0.15) is 0 Å². The summed E-state index contributed by atoms with van der Waals surface area (Å²) in [5, 5.41) is 2.50. The number of hydrogen-bond donors (Lipinski definition) is 2. The second-order valence-corrected chi connectivity index (χ2v) is 12.7. The molecule has 7 rings (SSSR count). The average molecular weight is 683 g/mol. The number of carbonyl (C=O) groups excluding carboxylic acids is 4. The monoisotopic (exact) mass is 682 g/mol. The quantitative estimate of drug-likeness (QED) is 0.265. The molecule has 4 aromatic rings. The first kappa shape index (κ1) is 32.9. The molecule has 3 aliphatic heterocycles. The Hall–Kier alpha value is -5.63. The zero-order chi connectivity index (χ0) is 35.3. The Morgan fingerprint density at radius 2 is 1.68 bits per heavy atom. The van der Waals surface area contributed by atoms with Crippen molar-refractivity contribution in [3.8, 4) is 22.9 Å². The van der Waals surface area contributed by atoms with Gasteiger partial charge in [0.05, 0.1) is 30.9 Å². The fourth-order valence-electron chi connectivity index (χ4n) is 7.10. The van der Waals surface area contributed by atoms with Crippen LogP contribution in [0.15, 0.2) is 53.3 Å². The minimum Gasteiger partial charge on any atom is -0.497 e. The van der Waals surface area contributed by atoms with Crippen molar-refractivity contribution in [1.82, 2.24) is 25.1 Å². The highest BCUT2D eigenvalue weighted by Crippen LogP contribution is 2.33. The molecule has 0 spiro atoms. The summed E-state index contributed by atoms with van der Waals surface area (Å²) >= 11 is 0. The summed E-state index contributed by atoms with van der Waals surface area (Å²) in [6, 6.07) is 13.1. The van der Waals surface area contributed by atoms with Crippen molar-refractivity contribution in [2.45, 2.75) is 44.3 Å². The standard InChI is InChI=1S/C36H35FN6O7/c1-41(18-20-6-9-24-29(31(20)37)36(48)43(35(24)47)26-10-11-28(44)39-33(26)45)21-12-14-42(15-13-21)22-7-4-19(5-8-22)32-38-25-16-23(49-2)17-27(50-3)30(25)34(46)40-32/h4-9,16-17,21,26H,10-15,18H2,1-3H3,(H,38,40,46)(H,39,44,45). The van der Waals surface area contributed by atoms with Gasteiger partial charge in [-0.15, -0.1) is 0 Å². The molecule has 50 heavy (non-hydrogen) atoms. The van der Waals surface area contributed by atoms with Crippen LogP contribution in [0, 0.1) is 5.82 Å². The first-order valence-electron chi connectivity index (χ1n) is 16.3. The summed E-state index contributed by atoms with van der Waals surface area (Å²) in [5.41, 5.74) is 1.80. The number of amides is 4. The van der Waals surface area contributed by atoms with Crippen LogP contribution >= 0.6 is 0 Å². The van der Waals surface area contributed by atoms with E-state index in [1.807, 2.05) is 31.3 Å². The molecule has 13 nitrogen and oxygen atoms in total. The molecule has 14 heteroatoms. The van der Waals surface area contributed by atoms with Crippen molar-refractivity contribution in [3.05, 3.63) is 81.4 Å². The first-order valence-corrected chi connectivity index (χ1v) is 16.3. The van der Waals surface area contributed by atoms with Gasteiger partial charge in [0.15, 0.2) is 0 Å². The molecule has 0 aliphatic carbocycles. The fraction of sp³-hybridized carbons (Fsp3) is 0.333. The van der Waals surface area contributed by atoms with Crippen LogP contribution in [0.25, 0.3) is 22.3 Å². The largest absolute Gasteiger partial charge is 0.497 e. The lowest BCUT2D eigenvalue weighted by Gasteiger charge is -2.38. The SMILES string of the molecule is COc1cc(OC)c2c(=O)[nH]c(-c3ccc(N4CCC(N(C)Cc5ccc6c(c5F)C(=O)N(C5CCC(=O)NC5=O)C6=O)CC4)cc3)nc2c1. The summed E-state index contributed by atoms with van der Waals surface area (Å²) in [5.74, 6) is -2.22. The number of rotatable bonds is 8. The van der Waals surface area contributed by atoms with E-state index in [-0.39, 0.29) is 47.7 Å². The number of halogens is 1. The molecule has 4 amide bonds. The van der Waals surface area contributed by atoms with E-state index in [2.05, 4.69) is 25.1 Å². The third kappa shape index (κ3) is 5.74. The lowest BCUT2D eigenvalue weighted by molar-refractivity contribution is -0.136. The number of imide groups is 2. The van der Waals surface area contributed by atoms with Crippen LogP contribution in [0.5, 0.6) is 11.5 Å². The van der Waals surface area contributed by atoms with Gasteiger partial charge in [0.25, 0.3) is 17.4 Å². The number of nitrogens with one attached hydrogen (secondary N) is 2. The summed E-state index contributed by atoms with van der Waals surface area (Å²) in [4.78, 5) is 75.8. The van der Waals surface area contributed by atoms with Crippen molar-refractivity contribution in [2.24, 2.45) is 0 Å². The number of piperidine rings is 2. The number of H-pyrrole nitrogens is 1. The smallest absolute Gasteiger partial charge is 0.265 e. The summed E-state index contributed by atoms with van der Waals surface area (Å²) in [6.45, 7) is 1.76. The summed E-state index contributed by atoms with van der Waals surface area (Å²) in [6.07, 6.45) is 1.62. The molecule has 1 aromatic heterocycles. The van der Waals surface area contributed by atoms with Gasteiger partial charge in [0.2, 0.25) is 11.8 Å². The molecule has 4 heterocycles. The van der Waals surface area contributed by atoms with Gasteiger partial charge in [-0.25, -0.2) is 9.37 Å². The van der Waals surface area contributed by atoms with Gasteiger partial charge in [-0.1, -0.05) is 6.07 Å². The molecule has 0 saturated carbocycles. The molecule has 2 saturated heterocycles. The second-order valence-electron chi connectivity index (χ2n) is 12.7. The van der Waals surface area contributed by atoms with E-state index in [4.69, 9.17) is 9.47 Å². The highest BCUT2D eigenvalue weighted by molar-refractivity contribution is 6.23. The highest BCUT2D eigenvalue weighted by atomic mass is 19.1. The van der Waals surface area contributed by atoms with Crippen LogP contribution in [0.2, 0.25) is 0 Å². The highest BCUT2D eigenvalue weighted by Gasteiger charge is 2.46. The number of aromatic nitrogens is 2.